The van der Waals surface area contributed by atoms with Gasteiger partial charge in [0.1, 0.15) is 0 Å². The van der Waals surface area contributed by atoms with E-state index in [2.05, 4.69) is 4.98 Å². The van der Waals surface area contributed by atoms with Gasteiger partial charge in [-0.25, -0.2) is 4.98 Å². The van der Waals surface area contributed by atoms with Crippen molar-refractivity contribution < 1.29 is 4.74 Å². The van der Waals surface area contributed by atoms with Gasteiger partial charge in [-0.15, -0.1) is 0 Å². The molecule has 0 saturated carbocycles. The van der Waals surface area contributed by atoms with Gasteiger partial charge in [0.25, 0.3) is 0 Å². The number of nitrogen functional groups attached to an aromatic ring is 1. The minimum atomic E-state index is 0.119. The number of anilines is 2. The van der Waals surface area contributed by atoms with Gasteiger partial charge in [-0.3, -0.25) is 0 Å². The summed E-state index contributed by atoms with van der Waals surface area (Å²) in [5, 5.41) is 0. The number of pyridine rings is 1. The van der Waals surface area contributed by atoms with E-state index in [1.807, 2.05) is 62.2 Å². The molecule has 1 aromatic heterocycles. The average Bonchev–Trinajstić information content (AvgIpc) is 2.41. The summed E-state index contributed by atoms with van der Waals surface area (Å²) in [6.07, 6.45) is 1.89. The summed E-state index contributed by atoms with van der Waals surface area (Å²) in [6.45, 7) is 4.70. The van der Waals surface area contributed by atoms with Gasteiger partial charge in [0.15, 0.2) is 11.6 Å². The Morgan fingerprint density at radius 3 is 2.65 bits per heavy atom. The van der Waals surface area contributed by atoms with Crippen molar-refractivity contribution in [1.29, 1.82) is 0 Å². The monoisotopic (exact) mass is 271 g/mol. The van der Waals surface area contributed by atoms with Crippen LogP contribution in [-0.2, 0) is 6.54 Å². The Bertz CT molecular complexity index is 569. The third-order valence-corrected chi connectivity index (χ3v) is 2.94. The average molecular weight is 271 g/mol. The number of para-hydroxylation sites is 1. The van der Waals surface area contributed by atoms with Crippen molar-refractivity contribution in [2.24, 2.45) is 0 Å². The van der Waals surface area contributed by atoms with Gasteiger partial charge in [-0.2, -0.15) is 0 Å². The molecule has 0 radical (unpaired) electrons. The third-order valence-electron chi connectivity index (χ3n) is 2.94. The van der Waals surface area contributed by atoms with Gasteiger partial charge < -0.3 is 15.4 Å². The molecule has 106 valence electrons. The Balaban J connectivity index is 2.21. The minimum absolute atomic E-state index is 0.119. The highest BCUT2D eigenvalue weighted by molar-refractivity contribution is 5.54. The van der Waals surface area contributed by atoms with Crippen LogP contribution in [0.1, 0.15) is 19.4 Å². The lowest BCUT2D eigenvalue weighted by atomic mass is 10.1. The molecule has 4 heteroatoms. The van der Waals surface area contributed by atoms with Gasteiger partial charge in [0.2, 0.25) is 0 Å². The molecule has 0 aliphatic rings. The van der Waals surface area contributed by atoms with Gasteiger partial charge in [-0.05, 0) is 37.6 Å². The molecular formula is C16H21N3O. The number of rotatable bonds is 5. The lowest BCUT2D eigenvalue weighted by Crippen LogP contribution is -2.20. The molecule has 2 aromatic rings. The molecule has 0 aliphatic carbocycles. The van der Waals surface area contributed by atoms with E-state index in [-0.39, 0.29) is 6.10 Å². The zero-order valence-electron chi connectivity index (χ0n) is 12.2. The SMILES string of the molecule is CC(C)Oc1cccnc1N(C)Cc1ccccc1N. The standard InChI is InChI=1S/C16H21N3O/c1-12(2)20-15-9-6-10-18-16(15)19(3)11-13-7-4-5-8-14(13)17/h4-10,12H,11,17H2,1-3H3. The quantitative estimate of drug-likeness (QED) is 0.849. The van der Waals surface area contributed by atoms with Crippen LogP contribution in [0, 0.1) is 0 Å². The molecule has 2 N–H and O–H groups in total. The summed E-state index contributed by atoms with van der Waals surface area (Å²) in [4.78, 5) is 6.46. The van der Waals surface area contributed by atoms with Crippen LogP contribution in [-0.4, -0.2) is 18.1 Å². The van der Waals surface area contributed by atoms with Crippen molar-refractivity contribution in [1.82, 2.24) is 4.98 Å². The van der Waals surface area contributed by atoms with Gasteiger partial charge >= 0.3 is 0 Å². The first-order valence-electron chi connectivity index (χ1n) is 6.74. The Labute approximate surface area is 120 Å². The first-order valence-corrected chi connectivity index (χ1v) is 6.74. The Morgan fingerprint density at radius 1 is 1.20 bits per heavy atom. The van der Waals surface area contributed by atoms with Gasteiger partial charge in [0.05, 0.1) is 6.10 Å². The maximum atomic E-state index is 5.99. The van der Waals surface area contributed by atoms with E-state index in [1.165, 1.54) is 0 Å². The van der Waals surface area contributed by atoms with Crippen LogP contribution in [0.2, 0.25) is 0 Å². The highest BCUT2D eigenvalue weighted by Crippen LogP contribution is 2.27. The van der Waals surface area contributed by atoms with E-state index in [4.69, 9.17) is 10.5 Å². The molecule has 2 rings (SSSR count). The molecule has 0 amide bonds. The highest BCUT2D eigenvalue weighted by Gasteiger charge is 2.12. The van der Waals surface area contributed by atoms with Crippen LogP contribution in [0.4, 0.5) is 11.5 Å². The van der Waals surface area contributed by atoms with Crippen LogP contribution >= 0.6 is 0 Å². The summed E-state index contributed by atoms with van der Waals surface area (Å²) in [7, 11) is 1.99. The van der Waals surface area contributed by atoms with Crippen molar-refractivity contribution in [2.45, 2.75) is 26.5 Å². The van der Waals surface area contributed by atoms with Crippen LogP contribution in [0.15, 0.2) is 42.6 Å². The third kappa shape index (κ3) is 3.41. The normalized spacial score (nSPS) is 10.6. The van der Waals surface area contributed by atoms with E-state index in [9.17, 15) is 0 Å². The number of hydrogen-bond acceptors (Lipinski definition) is 4. The Morgan fingerprint density at radius 2 is 1.95 bits per heavy atom. The first-order chi connectivity index (χ1) is 9.58. The zero-order valence-corrected chi connectivity index (χ0v) is 12.2. The lowest BCUT2D eigenvalue weighted by Gasteiger charge is -2.22. The molecule has 0 bridgehead atoms. The Kier molecular flexibility index (Phi) is 4.45. The minimum Gasteiger partial charge on any atom is -0.487 e. The van der Waals surface area contributed by atoms with E-state index in [1.54, 1.807) is 6.20 Å². The predicted octanol–water partition coefficient (Wildman–Crippen LogP) is 3.09. The number of aromatic nitrogens is 1. The number of nitrogens with two attached hydrogens (primary N) is 1. The summed E-state index contributed by atoms with van der Waals surface area (Å²) >= 11 is 0. The largest absolute Gasteiger partial charge is 0.487 e. The molecule has 20 heavy (non-hydrogen) atoms. The molecule has 1 aromatic carbocycles. The molecule has 1 heterocycles. The van der Waals surface area contributed by atoms with E-state index in [0.717, 1.165) is 22.8 Å². The van der Waals surface area contributed by atoms with Crippen molar-refractivity contribution >= 4 is 11.5 Å². The fourth-order valence-corrected chi connectivity index (χ4v) is 2.02. The molecule has 0 aliphatic heterocycles. The van der Waals surface area contributed by atoms with E-state index < -0.39 is 0 Å². The summed E-state index contributed by atoms with van der Waals surface area (Å²) < 4.78 is 5.80. The zero-order chi connectivity index (χ0) is 14.5. The molecule has 0 fully saturated rings. The van der Waals surface area contributed by atoms with Crippen molar-refractivity contribution in [3.63, 3.8) is 0 Å². The van der Waals surface area contributed by atoms with Crippen LogP contribution in [0.25, 0.3) is 0 Å². The fraction of sp³-hybridized carbons (Fsp3) is 0.312. The second-order valence-electron chi connectivity index (χ2n) is 5.05. The molecule has 0 atom stereocenters. The van der Waals surface area contributed by atoms with Crippen LogP contribution < -0.4 is 15.4 Å². The number of benzene rings is 1. The predicted molar refractivity (Wildman–Crippen MR) is 83.0 cm³/mol. The number of hydrogen-bond donors (Lipinski definition) is 1. The smallest absolute Gasteiger partial charge is 0.171 e. The molecular weight excluding hydrogens is 250 g/mol. The molecule has 4 nitrogen and oxygen atoms in total. The number of ether oxygens (including phenoxy) is 1. The van der Waals surface area contributed by atoms with Crippen molar-refractivity contribution in [2.75, 3.05) is 17.7 Å². The summed E-state index contributed by atoms with van der Waals surface area (Å²) in [5.41, 5.74) is 7.86. The van der Waals surface area contributed by atoms with E-state index in [0.29, 0.717) is 6.54 Å². The summed E-state index contributed by atoms with van der Waals surface area (Å²) in [5.74, 6) is 1.61. The highest BCUT2D eigenvalue weighted by atomic mass is 16.5. The maximum Gasteiger partial charge on any atom is 0.171 e. The summed E-state index contributed by atoms with van der Waals surface area (Å²) in [6, 6.07) is 11.7. The number of nitrogens with zero attached hydrogens (tertiary/aromatic N) is 2. The molecule has 0 spiro atoms. The van der Waals surface area contributed by atoms with Crippen molar-refractivity contribution in [3.8, 4) is 5.75 Å². The van der Waals surface area contributed by atoms with E-state index >= 15 is 0 Å². The maximum absolute atomic E-state index is 5.99. The Hall–Kier alpha value is -2.23. The lowest BCUT2D eigenvalue weighted by molar-refractivity contribution is 0.242. The van der Waals surface area contributed by atoms with Gasteiger partial charge in [-0.1, -0.05) is 18.2 Å². The molecule has 0 saturated heterocycles. The van der Waals surface area contributed by atoms with Gasteiger partial charge in [0, 0.05) is 25.5 Å². The topological polar surface area (TPSA) is 51.4 Å². The second-order valence-corrected chi connectivity index (χ2v) is 5.05. The van der Waals surface area contributed by atoms with Crippen LogP contribution in [0.5, 0.6) is 5.75 Å². The second kappa shape index (κ2) is 6.28. The fourth-order valence-electron chi connectivity index (χ4n) is 2.02. The van der Waals surface area contributed by atoms with Crippen molar-refractivity contribution in [3.05, 3.63) is 48.2 Å². The van der Waals surface area contributed by atoms with Crippen LogP contribution in [0.3, 0.4) is 0 Å². The first kappa shape index (κ1) is 14.2. The molecule has 0 unspecified atom stereocenters.